The minimum atomic E-state index is 0.613. The minimum absolute atomic E-state index is 0.613. The summed E-state index contributed by atoms with van der Waals surface area (Å²) in [5.74, 6) is 0.769. The van der Waals surface area contributed by atoms with E-state index in [-0.39, 0.29) is 0 Å². The quantitative estimate of drug-likeness (QED) is 0.768. The zero-order valence-electron chi connectivity index (χ0n) is 9.38. The van der Waals surface area contributed by atoms with Crippen molar-refractivity contribution in [2.45, 2.75) is 13.3 Å². The summed E-state index contributed by atoms with van der Waals surface area (Å²) in [7, 11) is 0. The Morgan fingerprint density at radius 2 is 2.41 bits per heavy atom. The first-order chi connectivity index (χ1) is 8.28. The highest BCUT2D eigenvalue weighted by Gasteiger charge is 2.12. The molecule has 0 fully saturated rings. The van der Waals surface area contributed by atoms with Crippen molar-refractivity contribution < 1.29 is 4.52 Å². The number of imidazole rings is 1. The largest absolute Gasteiger partial charge is 0.354 e. The highest BCUT2D eigenvalue weighted by Crippen LogP contribution is 2.26. The van der Waals surface area contributed by atoms with Crippen molar-refractivity contribution in [1.82, 2.24) is 14.5 Å². The number of fused-ring (bicyclic) bond motifs is 1. The summed E-state index contributed by atoms with van der Waals surface area (Å²) in [6.07, 6.45) is 2.80. The predicted octanol–water partition coefficient (Wildman–Crippen LogP) is 1.86. The average molecular weight is 248 g/mol. The Hall–Kier alpha value is -1.66. The number of nitrogens with two attached hydrogens (primary N) is 1. The molecule has 0 saturated carbocycles. The molecule has 2 N–H and O–H groups in total. The van der Waals surface area contributed by atoms with Gasteiger partial charge in [0, 0.05) is 24.1 Å². The first-order valence-corrected chi connectivity index (χ1v) is 6.25. The van der Waals surface area contributed by atoms with Crippen molar-refractivity contribution in [3.63, 3.8) is 0 Å². The highest BCUT2D eigenvalue weighted by atomic mass is 32.1. The lowest BCUT2D eigenvalue weighted by atomic mass is 10.3. The molecule has 0 aliphatic rings. The SMILES string of the molecule is Cc1cc(-c2csc3nc(CCN)cn23)on1. The molecule has 0 radical (unpaired) electrons. The normalized spacial score (nSPS) is 11.4. The molecule has 0 aliphatic heterocycles. The molecular weight excluding hydrogens is 236 g/mol. The van der Waals surface area contributed by atoms with E-state index in [1.165, 1.54) is 0 Å². The van der Waals surface area contributed by atoms with Crippen molar-refractivity contribution in [2.75, 3.05) is 6.54 Å². The van der Waals surface area contributed by atoms with Crippen LogP contribution in [-0.4, -0.2) is 21.1 Å². The second kappa shape index (κ2) is 3.97. The van der Waals surface area contributed by atoms with Crippen LogP contribution in [0.4, 0.5) is 0 Å². The number of hydrogen-bond donors (Lipinski definition) is 1. The molecule has 0 saturated heterocycles. The molecule has 0 bridgehead atoms. The molecule has 3 aromatic heterocycles. The third-order valence-electron chi connectivity index (χ3n) is 2.54. The summed E-state index contributed by atoms with van der Waals surface area (Å²) < 4.78 is 7.29. The van der Waals surface area contributed by atoms with E-state index in [1.54, 1.807) is 11.3 Å². The Kier molecular flexibility index (Phi) is 2.45. The van der Waals surface area contributed by atoms with Gasteiger partial charge in [-0.1, -0.05) is 5.16 Å². The van der Waals surface area contributed by atoms with Crippen molar-refractivity contribution in [3.05, 3.63) is 29.0 Å². The van der Waals surface area contributed by atoms with Gasteiger partial charge >= 0.3 is 0 Å². The first kappa shape index (κ1) is 10.5. The summed E-state index contributed by atoms with van der Waals surface area (Å²) >= 11 is 1.59. The minimum Gasteiger partial charge on any atom is -0.354 e. The molecule has 0 amide bonds. The van der Waals surface area contributed by atoms with E-state index in [4.69, 9.17) is 10.3 Å². The van der Waals surface area contributed by atoms with Gasteiger partial charge in [-0.25, -0.2) is 4.98 Å². The van der Waals surface area contributed by atoms with E-state index < -0.39 is 0 Å². The van der Waals surface area contributed by atoms with Crippen LogP contribution in [0.1, 0.15) is 11.4 Å². The molecule has 3 rings (SSSR count). The predicted molar refractivity (Wildman–Crippen MR) is 66.1 cm³/mol. The fraction of sp³-hybridized carbons (Fsp3) is 0.273. The van der Waals surface area contributed by atoms with Crippen LogP contribution >= 0.6 is 11.3 Å². The Morgan fingerprint density at radius 1 is 1.53 bits per heavy atom. The molecule has 5 nitrogen and oxygen atoms in total. The van der Waals surface area contributed by atoms with Crippen LogP contribution in [-0.2, 0) is 6.42 Å². The fourth-order valence-corrected chi connectivity index (χ4v) is 2.64. The Morgan fingerprint density at radius 3 is 3.12 bits per heavy atom. The van der Waals surface area contributed by atoms with Crippen molar-refractivity contribution >= 4 is 16.3 Å². The van der Waals surface area contributed by atoms with Gasteiger partial charge < -0.3 is 10.3 Å². The van der Waals surface area contributed by atoms with Crippen LogP contribution in [0.2, 0.25) is 0 Å². The monoisotopic (exact) mass is 248 g/mol. The Balaban J connectivity index is 2.10. The van der Waals surface area contributed by atoms with Gasteiger partial charge in [-0.3, -0.25) is 4.40 Å². The molecule has 3 heterocycles. The van der Waals surface area contributed by atoms with Gasteiger partial charge in [-0.2, -0.15) is 0 Å². The molecule has 17 heavy (non-hydrogen) atoms. The standard InChI is InChI=1S/C11H12N4OS/c1-7-4-10(16-14-7)9-6-17-11-13-8(2-3-12)5-15(9)11/h4-6H,2-3,12H2,1H3. The fourth-order valence-electron chi connectivity index (χ4n) is 1.76. The van der Waals surface area contributed by atoms with Crippen LogP contribution in [0.25, 0.3) is 16.4 Å². The second-order valence-electron chi connectivity index (χ2n) is 3.88. The van der Waals surface area contributed by atoms with E-state index in [9.17, 15) is 0 Å². The van der Waals surface area contributed by atoms with Gasteiger partial charge in [0.2, 0.25) is 0 Å². The third kappa shape index (κ3) is 1.75. The van der Waals surface area contributed by atoms with Gasteiger partial charge in [0.15, 0.2) is 10.7 Å². The number of nitrogens with zero attached hydrogens (tertiary/aromatic N) is 3. The second-order valence-corrected chi connectivity index (χ2v) is 4.71. The van der Waals surface area contributed by atoms with E-state index in [2.05, 4.69) is 10.1 Å². The van der Waals surface area contributed by atoms with Gasteiger partial charge in [-0.05, 0) is 13.5 Å². The van der Waals surface area contributed by atoms with Crippen LogP contribution in [0.3, 0.4) is 0 Å². The van der Waals surface area contributed by atoms with E-state index in [0.29, 0.717) is 6.54 Å². The summed E-state index contributed by atoms with van der Waals surface area (Å²) in [6, 6.07) is 1.92. The van der Waals surface area contributed by atoms with E-state index in [0.717, 1.165) is 34.2 Å². The average Bonchev–Trinajstić information content (AvgIpc) is 2.93. The molecule has 0 unspecified atom stereocenters. The molecule has 0 aromatic carbocycles. The topological polar surface area (TPSA) is 69.3 Å². The number of thiazole rings is 1. The summed E-state index contributed by atoms with van der Waals surface area (Å²) in [5, 5.41) is 5.92. The first-order valence-electron chi connectivity index (χ1n) is 5.37. The van der Waals surface area contributed by atoms with Crippen LogP contribution in [0.5, 0.6) is 0 Å². The molecular formula is C11H12N4OS. The number of aryl methyl sites for hydroxylation is 1. The molecule has 0 atom stereocenters. The number of hydrogen-bond acceptors (Lipinski definition) is 5. The Labute approximate surface area is 102 Å². The molecule has 0 spiro atoms. The molecule has 88 valence electrons. The van der Waals surface area contributed by atoms with Gasteiger partial charge in [-0.15, -0.1) is 11.3 Å². The maximum atomic E-state index is 5.53. The lowest BCUT2D eigenvalue weighted by Crippen LogP contribution is -2.02. The Bertz CT molecular complexity index is 651. The smallest absolute Gasteiger partial charge is 0.194 e. The van der Waals surface area contributed by atoms with Crippen molar-refractivity contribution in [3.8, 4) is 11.5 Å². The molecule has 6 heteroatoms. The maximum absolute atomic E-state index is 5.53. The highest BCUT2D eigenvalue weighted by molar-refractivity contribution is 7.15. The lowest BCUT2D eigenvalue weighted by Gasteiger charge is -1.91. The molecule has 3 aromatic rings. The third-order valence-corrected chi connectivity index (χ3v) is 3.38. The van der Waals surface area contributed by atoms with E-state index in [1.807, 2.05) is 29.0 Å². The summed E-state index contributed by atoms with van der Waals surface area (Å²) in [6.45, 7) is 2.52. The number of aromatic nitrogens is 3. The molecule has 0 aliphatic carbocycles. The van der Waals surface area contributed by atoms with E-state index >= 15 is 0 Å². The van der Waals surface area contributed by atoms with Crippen LogP contribution in [0, 0.1) is 6.92 Å². The van der Waals surface area contributed by atoms with Gasteiger partial charge in [0.05, 0.1) is 11.4 Å². The van der Waals surface area contributed by atoms with Crippen LogP contribution in [0.15, 0.2) is 22.2 Å². The number of rotatable bonds is 3. The lowest BCUT2D eigenvalue weighted by molar-refractivity contribution is 0.425. The summed E-state index contributed by atoms with van der Waals surface area (Å²) in [5.41, 5.74) is 8.40. The van der Waals surface area contributed by atoms with Gasteiger partial charge in [0.25, 0.3) is 0 Å². The maximum Gasteiger partial charge on any atom is 0.194 e. The zero-order chi connectivity index (χ0) is 11.8. The van der Waals surface area contributed by atoms with Crippen LogP contribution < -0.4 is 5.73 Å². The summed E-state index contributed by atoms with van der Waals surface area (Å²) in [4.78, 5) is 5.45. The van der Waals surface area contributed by atoms with Crippen molar-refractivity contribution in [2.24, 2.45) is 5.73 Å². The van der Waals surface area contributed by atoms with Crippen molar-refractivity contribution in [1.29, 1.82) is 0 Å². The van der Waals surface area contributed by atoms with Gasteiger partial charge in [0.1, 0.15) is 5.69 Å². The zero-order valence-corrected chi connectivity index (χ0v) is 10.2.